The van der Waals surface area contributed by atoms with Gasteiger partial charge in [-0.2, -0.15) is 0 Å². The number of rotatable bonds is 5. The number of hydrogen-bond acceptors (Lipinski definition) is 4. The number of fused-ring (bicyclic) bond motifs is 4. The Bertz CT molecular complexity index is 2500. The van der Waals surface area contributed by atoms with E-state index in [2.05, 4.69) is 97.1 Å². The molecular weight excluding hydrogens is 639 g/mol. The van der Waals surface area contributed by atoms with Crippen molar-refractivity contribution in [3.8, 4) is 55.4 Å². The molecule has 0 fully saturated rings. The van der Waals surface area contributed by atoms with E-state index in [9.17, 15) is 0 Å². The molecule has 0 unspecified atom stereocenters. The first-order chi connectivity index (χ1) is 23.3. The van der Waals surface area contributed by atoms with E-state index in [-0.39, 0.29) is 14.5 Å². The Morgan fingerprint density at radius 1 is 0.362 bits per heavy atom. The van der Waals surface area contributed by atoms with Crippen LogP contribution in [0.3, 0.4) is 0 Å². The second-order valence-electron chi connectivity index (χ2n) is 11.5. The second kappa shape index (κ2) is 11.6. The minimum atomic E-state index is 0.131. The Balaban J connectivity index is 1.21. The van der Waals surface area contributed by atoms with Crippen molar-refractivity contribution in [2.24, 2.45) is 0 Å². The van der Waals surface area contributed by atoms with Crippen LogP contribution in [0.2, 0.25) is 0 Å². The molecule has 0 amide bonds. The van der Waals surface area contributed by atoms with Crippen molar-refractivity contribution < 1.29 is 0 Å². The summed E-state index contributed by atoms with van der Waals surface area (Å²) in [4.78, 5) is 20.0. The standard InChI is InChI=1S/C42H26N4Se/c1-4-12-28(13-5-1)39-44-40(29-14-6-2-7-15-29)46-41(45-39)35-21-11-19-33-32(18-10-20-34(33)35)31-23-22-27-24-25-37-38(36(27)26-31)47-42(43-37)30-16-8-3-9-17-30/h1-26H. The predicted molar refractivity (Wildman–Crippen MR) is 194 cm³/mol. The van der Waals surface area contributed by atoms with Crippen molar-refractivity contribution in [2.75, 3.05) is 0 Å². The summed E-state index contributed by atoms with van der Waals surface area (Å²) in [5.41, 5.74) is 7.55. The first kappa shape index (κ1) is 27.6. The van der Waals surface area contributed by atoms with E-state index in [1.807, 2.05) is 60.7 Å². The smallest absolute Gasteiger partial charge is 0.0512 e. The Morgan fingerprint density at radius 2 is 0.915 bits per heavy atom. The number of benzene rings is 7. The minimum absolute atomic E-state index is 0.131. The zero-order chi connectivity index (χ0) is 31.2. The van der Waals surface area contributed by atoms with Gasteiger partial charge in [-0.1, -0.05) is 60.7 Å². The molecule has 0 spiro atoms. The Labute approximate surface area is 277 Å². The molecule has 0 aliphatic carbocycles. The molecule has 220 valence electrons. The van der Waals surface area contributed by atoms with Gasteiger partial charge >= 0.3 is 218 Å². The van der Waals surface area contributed by atoms with Crippen LogP contribution in [0.5, 0.6) is 0 Å². The van der Waals surface area contributed by atoms with Gasteiger partial charge < -0.3 is 0 Å². The molecule has 47 heavy (non-hydrogen) atoms. The zero-order valence-electron chi connectivity index (χ0n) is 25.2. The molecular formula is C42H26N4Se. The summed E-state index contributed by atoms with van der Waals surface area (Å²) in [7, 11) is 0. The maximum Gasteiger partial charge on any atom is -0.0512 e. The topological polar surface area (TPSA) is 51.6 Å². The normalized spacial score (nSPS) is 11.4. The van der Waals surface area contributed by atoms with Crippen molar-refractivity contribution in [1.82, 2.24) is 19.9 Å². The molecule has 0 radical (unpaired) electrons. The Morgan fingerprint density at radius 3 is 1.57 bits per heavy atom. The molecule has 0 aliphatic rings. The van der Waals surface area contributed by atoms with Crippen LogP contribution in [0.1, 0.15) is 0 Å². The van der Waals surface area contributed by atoms with Gasteiger partial charge in [-0.15, -0.1) is 0 Å². The van der Waals surface area contributed by atoms with E-state index in [1.54, 1.807) is 0 Å². The average Bonchev–Trinajstić information content (AvgIpc) is 3.60. The van der Waals surface area contributed by atoms with E-state index in [0.717, 1.165) is 33.0 Å². The van der Waals surface area contributed by atoms with Crippen molar-refractivity contribution in [1.29, 1.82) is 0 Å². The van der Waals surface area contributed by atoms with E-state index in [4.69, 9.17) is 19.9 Å². The van der Waals surface area contributed by atoms with Crippen molar-refractivity contribution >= 4 is 45.8 Å². The molecule has 2 heterocycles. The number of nitrogens with zero attached hydrogens (tertiary/aromatic N) is 4. The first-order valence-corrected chi connectivity index (χ1v) is 17.3. The Kier molecular flexibility index (Phi) is 6.78. The molecule has 0 bridgehead atoms. The third-order valence-electron chi connectivity index (χ3n) is 8.57. The molecule has 0 atom stereocenters. The number of aromatic nitrogens is 4. The third kappa shape index (κ3) is 5.03. The van der Waals surface area contributed by atoms with E-state index in [0.29, 0.717) is 17.5 Å². The second-order valence-corrected chi connectivity index (χ2v) is 13.6. The summed E-state index contributed by atoms with van der Waals surface area (Å²) in [6, 6.07) is 54.9. The maximum atomic E-state index is 5.05. The molecule has 9 aromatic rings. The summed E-state index contributed by atoms with van der Waals surface area (Å²) in [5, 5.41) is 4.78. The molecule has 4 nitrogen and oxygen atoms in total. The summed E-state index contributed by atoms with van der Waals surface area (Å²) in [5.74, 6) is 1.97. The van der Waals surface area contributed by atoms with Crippen LogP contribution in [-0.2, 0) is 0 Å². The van der Waals surface area contributed by atoms with Crippen molar-refractivity contribution in [3.63, 3.8) is 0 Å². The molecule has 0 saturated carbocycles. The predicted octanol–water partition coefficient (Wildman–Crippen LogP) is 10.1. The largest absolute Gasteiger partial charge is 0.0615 e. The van der Waals surface area contributed by atoms with Crippen LogP contribution in [0.4, 0.5) is 0 Å². The summed E-state index contributed by atoms with van der Waals surface area (Å²) in [6.07, 6.45) is 0. The van der Waals surface area contributed by atoms with Crippen LogP contribution in [0, 0.1) is 0 Å². The van der Waals surface area contributed by atoms with Gasteiger partial charge in [-0.3, -0.25) is 0 Å². The van der Waals surface area contributed by atoms with Crippen molar-refractivity contribution in [2.45, 2.75) is 0 Å². The Hall–Kier alpha value is -5.74. The SMILES string of the molecule is c1ccc(-c2nc(-c3ccccc3)nc(-c3cccc4c(-c5ccc6ccc7nc(-c8ccccc8)[se]c7c6c5)cccc34)n2)cc1. The summed E-state index contributed by atoms with van der Waals surface area (Å²) in [6.45, 7) is 0. The quantitative estimate of drug-likeness (QED) is 0.172. The van der Waals surface area contributed by atoms with Gasteiger partial charge in [0.1, 0.15) is 0 Å². The van der Waals surface area contributed by atoms with Gasteiger partial charge in [0, 0.05) is 0 Å². The van der Waals surface area contributed by atoms with E-state index < -0.39 is 0 Å². The molecule has 5 heteroatoms. The molecule has 0 N–H and O–H groups in total. The number of hydrogen-bond donors (Lipinski definition) is 0. The fraction of sp³-hybridized carbons (Fsp3) is 0. The van der Waals surface area contributed by atoms with Gasteiger partial charge in [0.05, 0.1) is 0 Å². The molecule has 0 saturated heterocycles. The average molecular weight is 666 g/mol. The third-order valence-corrected chi connectivity index (χ3v) is 11.0. The van der Waals surface area contributed by atoms with Crippen molar-refractivity contribution in [3.05, 3.63) is 158 Å². The monoisotopic (exact) mass is 666 g/mol. The maximum absolute atomic E-state index is 5.05. The molecule has 0 aliphatic heterocycles. The minimum Gasteiger partial charge on any atom is -0.0615 e. The van der Waals surface area contributed by atoms with Gasteiger partial charge in [0.15, 0.2) is 0 Å². The fourth-order valence-corrected chi connectivity index (χ4v) is 8.56. The summed E-state index contributed by atoms with van der Waals surface area (Å²) >= 11 is 0.131. The van der Waals surface area contributed by atoms with Gasteiger partial charge in [0.25, 0.3) is 0 Å². The first-order valence-electron chi connectivity index (χ1n) is 15.6. The van der Waals surface area contributed by atoms with Crippen LogP contribution in [0.25, 0.3) is 86.7 Å². The van der Waals surface area contributed by atoms with Crippen LogP contribution in [-0.4, -0.2) is 34.4 Å². The van der Waals surface area contributed by atoms with E-state index >= 15 is 0 Å². The van der Waals surface area contributed by atoms with Gasteiger partial charge in [-0.25, -0.2) is 0 Å². The fourth-order valence-electron chi connectivity index (χ4n) is 6.26. The van der Waals surface area contributed by atoms with E-state index in [1.165, 1.54) is 36.3 Å². The zero-order valence-corrected chi connectivity index (χ0v) is 26.9. The van der Waals surface area contributed by atoms with Gasteiger partial charge in [0.2, 0.25) is 0 Å². The molecule has 2 aromatic heterocycles. The van der Waals surface area contributed by atoms with Crippen LogP contribution in [0.15, 0.2) is 158 Å². The van der Waals surface area contributed by atoms with Crippen LogP contribution < -0.4 is 0 Å². The van der Waals surface area contributed by atoms with Gasteiger partial charge in [-0.05, 0) is 0 Å². The van der Waals surface area contributed by atoms with Crippen LogP contribution >= 0.6 is 0 Å². The summed E-state index contributed by atoms with van der Waals surface area (Å²) < 4.78 is 2.53. The molecule has 9 rings (SSSR count). The molecule has 7 aromatic carbocycles.